The first-order valence-corrected chi connectivity index (χ1v) is 8.08. The van der Waals surface area contributed by atoms with E-state index in [1.165, 1.54) is 4.31 Å². The largest absolute Gasteiger partial charge is 0.392 e. The third-order valence-corrected chi connectivity index (χ3v) is 5.16. The molecule has 0 aromatic heterocycles. The molecule has 106 valence electrons. The highest BCUT2D eigenvalue weighted by atomic mass is 32.2. The number of fused-ring (bicyclic) bond motifs is 1. The van der Waals surface area contributed by atoms with E-state index >= 15 is 0 Å². The second-order valence-corrected chi connectivity index (χ2v) is 6.81. The Morgan fingerprint density at radius 1 is 1.20 bits per heavy atom. The van der Waals surface area contributed by atoms with Gasteiger partial charge in [-0.2, -0.15) is 4.31 Å². The molecule has 6 heteroatoms. The summed E-state index contributed by atoms with van der Waals surface area (Å²) in [6.07, 6.45) is 0. The SMILES string of the molecule is CCN(CC(N)=S)S(=O)(=O)c1cccc2ccccc12. The number of hydrogen-bond acceptors (Lipinski definition) is 3. The predicted molar refractivity (Wildman–Crippen MR) is 85.2 cm³/mol. The van der Waals surface area contributed by atoms with Crippen molar-refractivity contribution in [2.45, 2.75) is 11.8 Å². The van der Waals surface area contributed by atoms with Gasteiger partial charge in [0.05, 0.1) is 16.4 Å². The summed E-state index contributed by atoms with van der Waals surface area (Å²) in [6, 6.07) is 12.6. The molecule has 0 amide bonds. The average molecular weight is 308 g/mol. The van der Waals surface area contributed by atoms with Crippen molar-refractivity contribution in [2.24, 2.45) is 5.73 Å². The number of sulfonamides is 1. The van der Waals surface area contributed by atoms with Crippen LogP contribution in [0.25, 0.3) is 10.8 Å². The first-order chi connectivity index (χ1) is 9.46. The smallest absolute Gasteiger partial charge is 0.244 e. The van der Waals surface area contributed by atoms with Gasteiger partial charge in [0, 0.05) is 11.9 Å². The van der Waals surface area contributed by atoms with E-state index in [4.69, 9.17) is 18.0 Å². The normalized spacial score (nSPS) is 11.9. The summed E-state index contributed by atoms with van der Waals surface area (Å²) < 4.78 is 26.7. The Kier molecular flexibility index (Phi) is 4.37. The number of benzene rings is 2. The second kappa shape index (κ2) is 5.87. The summed E-state index contributed by atoms with van der Waals surface area (Å²) in [5, 5.41) is 1.59. The van der Waals surface area contributed by atoms with E-state index in [2.05, 4.69) is 0 Å². The van der Waals surface area contributed by atoms with Crippen LogP contribution in [0.1, 0.15) is 6.92 Å². The molecule has 2 aromatic carbocycles. The van der Waals surface area contributed by atoms with Gasteiger partial charge < -0.3 is 5.73 Å². The Balaban J connectivity index is 2.59. The van der Waals surface area contributed by atoms with Gasteiger partial charge in [-0.25, -0.2) is 8.42 Å². The van der Waals surface area contributed by atoms with Crippen LogP contribution in [0.5, 0.6) is 0 Å². The minimum Gasteiger partial charge on any atom is -0.392 e. The summed E-state index contributed by atoms with van der Waals surface area (Å²) in [5.74, 6) is 0. The molecule has 2 rings (SSSR count). The molecule has 2 aromatic rings. The lowest BCUT2D eigenvalue weighted by molar-refractivity contribution is 0.468. The lowest BCUT2D eigenvalue weighted by Crippen LogP contribution is -2.37. The van der Waals surface area contributed by atoms with Crippen molar-refractivity contribution in [3.05, 3.63) is 42.5 Å². The van der Waals surface area contributed by atoms with Crippen molar-refractivity contribution in [3.8, 4) is 0 Å². The molecule has 0 atom stereocenters. The lowest BCUT2D eigenvalue weighted by Gasteiger charge is -2.20. The first kappa shape index (κ1) is 14.9. The van der Waals surface area contributed by atoms with Gasteiger partial charge in [0.25, 0.3) is 0 Å². The third kappa shape index (κ3) is 2.82. The van der Waals surface area contributed by atoms with Crippen LogP contribution in [0.3, 0.4) is 0 Å². The van der Waals surface area contributed by atoms with E-state index in [1.54, 1.807) is 25.1 Å². The van der Waals surface area contributed by atoms with E-state index in [1.807, 2.05) is 24.3 Å². The Morgan fingerprint density at radius 3 is 2.50 bits per heavy atom. The number of nitrogens with two attached hydrogens (primary N) is 1. The highest BCUT2D eigenvalue weighted by Crippen LogP contribution is 2.25. The highest BCUT2D eigenvalue weighted by Gasteiger charge is 2.25. The van der Waals surface area contributed by atoms with E-state index < -0.39 is 10.0 Å². The molecular formula is C14H16N2O2S2. The highest BCUT2D eigenvalue weighted by molar-refractivity contribution is 7.89. The number of hydrogen-bond donors (Lipinski definition) is 1. The van der Waals surface area contributed by atoms with Gasteiger partial charge in [0.1, 0.15) is 0 Å². The van der Waals surface area contributed by atoms with Gasteiger partial charge in [-0.15, -0.1) is 0 Å². The fraction of sp³-hybridized carbons (Fsp3) is 0.214. The second-order valence-electron chi connectivity index (χ2n) is 4.37. The van der Waals surface area contributed by atoms with Gasteiger partial charge in [-0.05, 0) is 11.5 Å². The zero-order chi connectivity index (χ0) is 14.8. The van der Waals surface area contributed by atoms with Crippen LogP contribution in [-0.4, -0.2) is 30.8 Å². The van der Waals surface area contributed by atoms with Gasteiger partial charge in [-0.1, -0.05) is 55.5 Å². The molecule has 0 aliphatic heterocycles. The molecule has 4 nitrogen and oxygen atoms in total. The van der Waals surface area contributed by atoms with E-state index in [0.29, 0.717) is 11.9 Å². The molecule has 0 heterocycles. The summed E-state index contributed by atoms with van der Waals surface area (Å²) >= 11 is 4.82. The fourth-order valence-electron chi connectivity index (χ4n) is 2.10. The molecule has 2 N–H and O–H groups in total. The summed E-state index contributed by atoms with van der Waals surface area (Å²) in [7, 11) is -3.61. The van der Waals surface area contributed by atoms with Crippen LogP contribution in [0.2, 0.25) is 0 Å². The van der Waals surface area contributed by atoms with Gasteiger partial charge in [0.2, 0.25) is 10.0 Å². The standard InChI is InChI=1S/C14H16N2O2S2/c1-2-16(10-14(15)19)20(17,18)13-9-5-7-11-6-3-4-8-12(11)13/h3-9H,2,10H2,1H3,(H2,15,19). The quantitative estimate of drug-likeness (QED) is 0.860. The molecular weight excluding hydrogens is 292 g/mol. The van der Waals surface area contributed by atoms with Crippen LogP contribution in [0.4, 0.5) is 0 Å². The van der Waals surface area contributed by atoms with Crippen molar-refractivity contribution in [1.29, 1.82) is 0 Å². The van der Waals surface area contributed by atoms with E-state index in [0.717, 1.165) is 5.39 Å². The van der Waals surface area contributed by atoms with E-state index in [9.17, 15) is 8.42 Å². The van der Waals surface area contributed by atoms with Crippen LogP contribution >= 0.6 is 12.2 Å². The van der Waals surface area contributed by atoms with Crippen molar-refractivity contribution in [1.82, 2.24) is 4.31 Å². The predicted octanol–water partition coefficient (Wildman–Crippen LogP) is 2.14. The number of thiocarbonyl (C=S) groups is 1. The average Bonchev–Trinajstić information content (AvgIpc) is 2.43. The lowest BCUT2D eigenvalue weighted by atomic mass is 10.1. The minimum absolute atomic E-state index is 0.0530. The fourth-order valence-corrected chi connectivity index (χ4v) is 3.98. The number of nitrogens with zero attached hydrogens (tertiary/aromatic N) is 1. The van der Waals surface area contributed by atoms with Crippen molar-refractivity contribution < 1.29 is 8.42 Å². The Bertz CT molecular complexity index is 736. The summed E-state index contributed by atoms with van der Waals surface area (Å²) in [6.45, 7) is 2.14. The van der Waals surface area contributed by atoms with Crippen LogP contribution in [0.15, 0.2) is 47.4 Å². The summed E-state index contributed by atoms with van der Waals surface area (Å²) in [5.41, 5.74) is 5.48. The van der Waals surface area contributed by atoms with Gasteiger partial charge >= 0.3 is 0 Å². The Labute approximate surface area is 124 Å². The van der Waals surface area contributed by atoms with Crippen molar-refractivity contribution >= 4 is 38.0 Å². The Morgan fingerprint density at radius 2 is 1.85 bits per heavy atom. The maximum absolute atomic E-state index is 12.7. The maximum atomic E-state index is 12.7. The molecule has 0 fully saturated rings. The number of likely N-dealkylation sites (N-methyl/N-ethyl adjacent to an activating group) is 1. The molecule has 0 radical (unpaired) electrons. The molecule has 0 unspecified atom stereocenters. The minimum atomic E-state index is -3.61. The molecule has 0 saturated carbocycles. The van der Waals surface area contributed by atoms with Gasteiger partial charge in [-0.3, -0.25) is 0 Å². The van der Waals surface area contributed by atoms with Crippen LogP contribution < -0.4 is 5.73 Å². The first-order valence-electron chi connectivity index (χ1n) is 6.23. The van der Waals surface area contributed by atoms with Crippen molar-refractivity contribution in [3.63, 3.8) is 0 Å². The maximum Gasteiger partial charge on any atom is 0.244 e. The molecule has 0 bridgehead atoms. The zero-order valence-electron chi connectivity index (χ0n) is 11.1. The zero-order valence-corrected chi connectivity index (χ0v) is 12.7. The molecule has 20 heavy (non-hydrogen) atoms. The molecule has 0 aliphatic rings. The van der Waals surface area contributed by atoms with Gasteiger partial charge in [0.15, 0.2) is 0 Å². The van der Waals surface area contributed by atoms with E-state index in [-0.39, 0.29) is 16.4 Å². The van der Waals surface area contributed by atoms with Crippen molar-refractivity contribution in [2.75, 3.05) is 13.1 Å². The third-order valence-electron chi connectivity index (χ3n) is 3.05. The Hall–Kier alpha value is -1.50. The van der Waals surface area contributed by atoms with Crippen LogP contribution in [0, 0.1) is 0 Å². The molecule has 0 aliphatic carbocycles. The molecule has 0 saturated heterocycles. The number of rotatable bonds is 5. The van der Waals surface area contributed by atoms with Crippen LogP contribution in [-0.2, 0) is 10.0 Å². The summed E-state index contributed by atoms with van der Waals surface area (Å²) in [4.78, 5) is 0.448. The molecule has 0 spiro atoms. The monoisotopic (exact) mass is 308 g/mol. The topological polar surface area (TPSA) is 63.4 Å².